The van der Waals surface area contributed by atoms with Crippen LogP contribution in [0.5, 0.6) is 5.75 Å². The lowest BCUT2D eigenvalue weighted by Gasteiger charge is -2.17. The third-order valence-electron chi connectivity index (χ3n) is 3.98. The van der Waals surface area contributed by atoms with Crippen LogP contribution in [0.1, 0.15) is 16.1 Å². The third-order valence-corrected chi connectivity index (χ3v) is 3.98. The van der Waals surface area contributed by atoms with Gasteiger partial charge in [-0.05, 0) is 54.1 Å². The summed E-state index contributed by atoms with van der Waals surface area (Å²) in [6, 6.07) is 15.8. The molecular weight excluding hydrogens is 363 g/mol. The number of hydrogen-bond donors (Lipinski definition) is 1. The Labute approximate surface area is 161 Å². The molecule has 0 unspecified atom stereocenters. The molecule has 1 heterocycles. The van der Waals surface area contributed by atoms with E-state index in [0.717, 1.165) is 5.56 Å². The summed E-state index contributed by atoms with van der Waals surface area (Å²) < 4.78 is 23.5. The van der Waals surface area contributed by atoms with Crippen LogP contribution in [-0.2, 0) is 11.3 Å². The number of hydrogen-bond acceptors (Lipinski definition) is 4. The Balaban J connectivity index is 1.48. The number of carbonyl (C=O) groups excluding carboxylic acids is 2. The second-order valence-electron chi connectivity index (χ2n) is 6.12. The molecule has 144 valence electrons. The minimum absolute atomic E-state index is 0.129. The summed E-state index contributed by atoms with van der Waals surface area (Å²) in [5.74, 6) is -0.157. The van der Waals surface area contributed by atoms with E-state index in [1.807, 2.05) is 0 Å². The Hall–Kier alpha value is -3.61. The molecule has 0 saturated carbocycles. The van der Waals surface area contributed by atoms with Crippen LogP contribution in [0, 0.1) is 5.82 Å². The van der Waals surface area contributed by atoms with Crippen molar-refractivity contribution < 1.29 is 23.1 Å². The fraction of sp³-hybridized carbons (Fsp3) is 0.143. The summed E-state index contributed by atoms with van der Waals surface area (Å²) in [7, 11) is 1.66. The molecule has 2 aromatic carbocycles. The summed E-state index contributed by atoms with van der Waals surface area (Å²) in [5.41, 5.74) is 1.41. The number of anilines is 1. The average Bonchev–Trinajstić information content (AvgIpc) is 3.24. The molecule has 0 spiro atoms. The van der Waals surface area contributed by atoms with Gasteiger partial charge < -0.3 is 19.4 Å². The van der Waals surface area contributed by atoms with E-state index in [0.29, 0.717) is 18.0 Å². The van der Waals surface area contributed by atoms with Gasteiger partial charge >= 0.3 is 0 Å². The molecule has 1 aromatic heterocycles. The van der Waals surface area contributed by atoms with Crippen molar-refractivity contribution in [2.24, 2.45) is 0 Å². The number of carbonyl (C=O) groups is 2. The molecule has 0 fully saturated rings. The first-order valence-corrected chi connectivity index (χ1v) is 8.57. The molecule has 0 bridgehead atoms. The standard InChI is InChI=1S/C21H19FN2O4/c1-24(13-15-4-6-16(22)7-5-15)20(25)14-28-18-10-8-17(9-11-18)23-21(26)19-3-2-12-27-19/h2-12H,13-14H2,1H3,(H,23,26). The maximum atomic E-state index is 12.9. The van der Waals surface area contributed by atoms with Gasteiger partial charge in [0, 0.05) is 19.3 Å². The number of benzene rings is 2. The number of nitrogens with one attached hydrogen (secondary N) is 1. The number of ether oxygens (including phenoxy) is 1. The van der Waals surface area contributed by atoms with Crippen LogP contribution in [0.2, 0.25) is 0 Å². The molecule has 3 aromatic rings. The van der Waals surface area contributed by atoms with Gasteiger partial charge in [-0.1, -0.05) is 12.1 Å². The Morgan fingerprint density at radius 1 is 1.07 bits per heavy atom. The lowest BCUT2D eigenvalue weighted by atomic mass is 10.2. The topological polar surface area (TPSA) is 71.8 Å². The predicted molar refractivity (Wildman–Crippen MR) is 101 cm³/mol. The van der Waals surface area contributed by atoms with Gasteiger partial charge in [0.1, 0.15) is 11.6 Å². The Bertz CT molecular complexity index is 922. The second-order valence-corrected chi connectivity index (χ2v) is 6.12. The molecule has 7 heteroatoms. The Morgan fingerprint density at radius 3 is 2.43 bits per heavy atom. The van der Waals surface area contributed by atoms with Crippen molar-refractivity contribution in [3.63, 3.8) is 0 Å². The first kappa shape index (κ1) is 19.2. The molecule has 1 N–H and O–H groups in total. The van der Waals surface area contributed by atoms with Gasteiger partial charge in [-0.3, -0.25) is 9.59 Å². The Morgan fingerprint density at radius 2 is 1.79 bits per heavy atom. The quantitative estimate of drug-likeness (QED) is 0.676. The smallest absolute Gasteiger partial charge is 0.291 e. The van der Waals surface area contributed by atoms with E-state index < -0.39 is 0 Å². The maximum Gasteiger partial charge on any atom is 0.291 e. The average molecular weight is 382 g/mol. The van der Waals surface area contributed by atoms with Crippen LogP contribution in [0.3, 0.4) is 0 Å². The maximum absolute atomic E-state index is 12.9. The van der Waals surface area contributed by atoms with Gasteiger partial charge in [-0.15, -0.1) is 0 Å². The monoisotopic (exact) mass is 382 g/mol. The number of amides is 2. The normalized spacial score (nSPS) is 10.4. The summed E-state index contributed by atoms with van der Waals surface area (Å²) in [4.78, 5) is 25.6. The molecule has 0 atom stereocenters. The van der Waals surface area contributed by atoms with E-state index in [1.165, 1.54) is 23.3 Å². The van der Waals surface area contributed by atoms with Gasteiger partial charge in [0.15, 0.2) is 12.4 Å². The number of halogens is 1. The summed E-state index contributed by atoms with van der Waals surface area (Å²) >= 11 is 0. The summed E-state index contributed by atoms with van der Waals surface area (Å²) in [5, 5.41) is 2.70. The molecule has 0 saturated heterocycles. The first-order chi connectivity index (χ1) is 13.5. The first-order valence-electron chi connectivity index (χ1n) is 8.57. The Kier molecular flexibility index (Phi) is 6.06. The highest BCUT2D eigenvalue weighted by Gasteiger charge is 2.11. The van der Waals surface area contributed by atoms with E-state index in [4.69, 9.17) is 9.15 Å². The van der Waals surface area contributed by atoms with Crippen molar-refractivity contribution in [1.29, 1.82) is 0 Å². The summed E-state index contributed by atoms with van der Waals surface area (Å²) in [6.45, 7) is 0.232. The molecule has 0 aliphatic carbocycles. The van der Waals surface area contributed by atoms with E-state index in [2.05, 4.69) is 5.32 Å². The number of nitrogens with zero attached hydrogens (tertiary/aromatic N) is 1. The van der Waals surface area contributed by atoms with Gasteiger partial charge in [0.2, 0.25) is 0 Å². The van der Waals surface area contributed by atoms with Crippen molar-refractivity contribution in [2.75, 3.05) is 19.0 Å². The fourth-order valence-electron chi connectivity index (χ4n) is 2.44. The highest BCUT2D eigenvalue weighted by atomic mass is 19.1. The highest BCUT2D eigenvalue weighted by molar-refractivity contribution is 6.02. The molecular formula is C21H19FN2O4. The fourth-order valence-corrected chi connectivity index (χ4v) is 2.44. The highest BCUT2D eigenvalue weighted by Crippen LogP contribution is 2.17. The van der Waals surface area contributed by atoms with E-state index in [9.17, 15) is 14.0 Å². The largest absolute Gasteiger partial charge is 0.484 e. The van der Waals surface area contributed by atoms with E-state index >= 15 is 0 Å². The van der Waals surface area contributed by atoms with Crippen molar-refractivity contribution in [2.45, 2.75) is 6.54 Å². The van der Waals surface area contributed by atoms with Crippen LogP contribution in [0.4, 0.5) is 10.1 Å². The zero-order valence-electron chi connectivity index (χ0n) is 15.2. The van der Waals surface area contributed by atoms with Crippen LogP contribution in [0.15, 0.2) is 71.3 Å². The lowest BCUT2D eigenvalue weighted by molar-refractivity contribution is -0.132. The van der Waals surface area contributed by atoms with Crippen LogP contribution in [0.25, 0.3) is 0 Å². The minimum Gasteiger partial charge on any atom is -0.484 e. The molecule has 3 rings (SSSR count). The number of furan rings is 1. The number of likely N-dealkylation sites (N-methyl/N-ethyl adjacent to an activating group) is 1. The van der Waals surface area contributed by atoms with Gasteiger partial charge in [0.25, 0.3) is 11.8 Å². The van der Waals surface area contributed by atoms with Crippen molar-refractivity contribution in [3.05, 3.63) is 84.1 Å². The third kappa shape index (κ3) is 5.20. The van der Waals surface area contributed by atoms with E-state index in [1.54, 1.807) is 55.6 Å². The zero-order valence-corrected chi connectivity index (χ0v) is 15.2. The van der Waals surface area contributed by atoms with Gasteiger partial charge in [-0.2, -0.15) is 0 Å². The second kappa shape index (κ2) is 8.85. The van der Waals surface area contributed by atoms with Crippen LogP contribution < -0.4 is 10.1 Å². The molecule has 0 radical (unpaired) electrons. The molecule has 0 aliphatic heterocycles. The van der Waals surface area contributed by atoms with Crippen LogP contribution in [-0.4, -0.2) is 30.4 Å². The van der Waals surface area contributed by atoms with Crippen molar-refractivity contribution in [1.82, 2.24) is 4.90 Å². The van der Waals surface area contributed by atoms with Crippen LogP contribution >= 0.6 is 0 Å². The molecule has 0 aliphatic rings. The van der Waals surface area contributed by atoms with Crippen molar-refractivity contribution >= 4 is 17.5 Å². The van der Waals surface area contributed by atoms with Gasteiger partial charge in [-0.25, -0.2) is 4.39 Å². The summed E-state index contributed by atoms with van der Waals surface area (Å²) in [6.07, 6.45) is 1.43. The molecule has 2 amide bonds. The molecule has 28 heavy (non-hydrogen) atoms. The minimum atomic E-state index is -0.351. The SMILES string of the molecule is CN(Cc1ccc(F)cc1)C(=O)COc1ccc(NC(=O)c2ccco2)cc1. The zero-order chi connectivity index (χ0) is 19.9. The lowest BCUT2D eigenvalue weighted by Crippen LogP contribution is -2.30. The number of rotatable bonds is 7. The molecule has 6 nitrogen and oxygen atoms in total. The van der Waals surface area contributed by atoms with Gasteiger partial charge in [0.05, 0.1) is 6.26 Å². The van der Waals surface area contributed by atoms with Crippen molar-refractivity contribution in [3.8, 4) is 5.75 Å². The van der Waals surface area contributed by atoms with E-state index in [-0.39, 0.29) is 30.0 Å². The predicted octanol–water partition coefficient (Wildman–Crippen LogP) is 3.71.